The lowest BCUT2D eigenvalue weighted by Crippen LogP contribution is -2.06. The first-order valence-electron chi connectivity index (χ1n) is 3.51. The second kappa shape index (κ2) is 4.70. The van der Waals surface area contributed by atoms with Gasteiger partial charge in [-0.15, -0.1) is 0 Å². The molecule has 0 amide bonds. The van der Waals surface area contributed by atoms with E-state index in [9.17, 15) is 0 Å². The van der Waals surface area contributed by atoms with Crippen molar-refractivity contribution in [3.05, 3.63) is 23.9 Å². The van der Waals surface area contributed by atoms with Crippen LogP contribution in [0.25, 0.3) is 0 Å². The van der Waals surface area contributed by atoms with Crippen LogP contribution in [0.15, 0.2) is 28.9 Å². The van der Waals surface area contributed by atoms with E-state index in [1.54, 1.807) is 0 Å². The molecule has 2 heteroatoms. The van der Waals surface area contributed by atoms with E-state index in [0.717, 1.165) is 5.70 Å². The number of hydrogen-bond acceptors (Lipinski definition) is 1. The molecule has 62 valence electrons. The Kier molecular flexibility index (Phi) is 4.65. The van der Waals surface area contributed by atoms with E-state index in [0.29, 0.717) is 0 Å². The molecule has 0 spiro atoms. The van der Waals surface area contributed by atoms with E-state index in [1.807, 2.05) is 19.9 Å². The van der Waals surface area contributed by atoms with Crippen LogP contribution in [0.3, 0.4) is 0 Å². The molecule has 0 fully saturated rings. The monoisotopic (exact) mass is 263 g/mol. The van der Waals surface area contributed by atoms with Gasteiger partial charge in [-0.05, 0) is 33.6 Å². The van der Waals surface area contributed by atoms with Gasteiger partial charge in [0.1, 0.15) is 0 Å². The van der Waals surface area contributed by atoms with Crippen molar-refractivity contribution >= 4 is 29.3 Å². The highest BCUT2D eigenvalue weighted by Gasteiger charge is 2.11. The zero-order valence-corrected chi connectivity index (χ0v) is 9.42. The minimum absolute atomic E-state index is 0.0672. The Labute approximate surface area is 82.4 Å². The van der Waals surface area contributed by atoms with Crippen LogP contribution < -0.4 is 0 Å². The Morgan fingerprint density at radius 2 is 2.18 bits per heavy atom. The molecule has 0 aromatic heterocycles. The van der Waals surface area contributed by atoms with Crippen LogP contribution in [0.2, 0.25) is 0 Å². The number of alkyl halides is 1. The third-order valence-electron chi connectivity index (χ3n) is 1.23. The number of aliphatic imine (C=N–C) groups is 1. The summed E-state index contributed by atoms with van der Waals surface area (Å²) in [6.07, 6.45) is 6.25. The Morgan fingerprint density at radius 1 is 1.64 bits per heavy atom. The third kappa shape index (κ3) is 5.18. The number of nitrogens with zero attached hydrogens (tertiary/aromatic N) is 1. The minimum atomic E-state index is 0.0672. The molecule has 0 saturated carbocycles. The van der Waals surface area contributed by atoms with Crippen molar-refractivity contribution in [1.82, 2.24) is 0 Å². The first kappa shape index (κ1) is 10.9. The highest BCUT2D eigenvalue weighted by molar-refractivity contribution is 14.1. The van der Waals surface area contributed by atoms with Gasteiger partial charge in [-0.25, -0.2) is 0 Å². The molecule has 0 heterocycles. The summed E-state index contributed by atoms with van der Waals surface area (Å²) in [7, 11) is 0. The molecule has 1 nitrogen and oxygen atoms in total. The van der Waals surface area contributed by atoms with Crippen LogP contribution in [-0.2, 0) is 0 Å². The van der Waals surface area contributed by atoms with Crippen LogP contribution in [0, 0.1) is 0 Å². The first-order chi connectivity index (χ1) is 5.02. The lowest BCUT2D eigenvalue weighted by Gasteiger charge is -2.12. The van der Waals surface area contributed by atoms with E-state index in [1.165, 1.54) is 0 Å². The fourth-order valence-corrected chi connectivity index (χ4v) is 1.64. The van der Waals surface area contributed by atoms with Crippen LogP contribution in [0.5, 0.6) is 0 Å². The minimum Gasteiger partial charge on any atom is -0.270 e. The normalized spacial score (nSPS) is 18.4. The van der Waals surface area contributed by atoms with Crippen molar-refractivity contribution in [3.63, 3.8) is 0 Å². The van der Waals surface area contributed by atoms with Gasteiger partial charge in [0.25, 0.3) is 0 Å². The molecule has 11 heavy (non-hydrogen) atoms. The van der Waals surface area contributed by atoms with Crippen molar-refractivity contribution in [1.29, 1.82) is 0 Å². The summed E-state index contributed by atoms with van der Waals surface area (Å²) in [5.41, 5.74) is 0.972. The molecule has 1 unspecified atom stereocenters. The SMILES string of the molecule is C=N/C(C)=C\C(C)(I)/C=C\C. The van der Waals surface area contributed by atoms with Gasteiger partial charge in [0.05, 0.1) is 3.42 Å². The molecule has 0 radical (unpaired) electrons. The van der Waals surface area contributed by atoms with Crippen molar-refractivity contribution in [3.8, 4) is 0 Å². The molecule has 0 bridgehead atoms. The molecule has 0 aliphatic carbocycles. The Morgan fingerprint density at radius 3 is 2.55 bits per heavy atom. The molecular formula is C9H14IN. The zero-order valence-electron chi connectivity index (χ0n) is 7.26. The van der Waals surface area contributed by atoms with Gasteiger partial charge in [-0.3, -0.25) is 4.99 Å². The van der Waals surface area contributed by atoms with Crippen molar-refractivity contribution < 1.29 is 0 Å². The number of halogens is 1. The predicted molar refractivity (Wildman–Crippen MR) is 60.5 cm³/mol. The topological polar surface area (TPSA) is 12.4 Å². The molecule has 1 atom stereocenters. The first-order valence-corrected chi connectivity index (χ1v) is 4.58. The molecule has 0 aliphatic rings. The predicted octanol–water partition coefficient (Wildman–Crippen LogP) is 3.36. The maximum atomic E-state index is 3.83. The summed E-state index contributed by atoms with van der Waals surface area (Å²) in [5, 5.41) is 0. The van der Waals surface area contributed by atoms with Gasteiger partial charge >= 0.3 is 0 Å². The summed E-state index contributed by atoms with van der Waals surface area (Å²) in [6, 6.07) is 0. The highest BCUT2D eigenvalue weighted by Crippen LogP contribution is 2.23. The van der Waals surface area contributed by atoms with Crippen molar-refractivity contribution in [2.45, 2.75) is 24.2 Å². The molecule has 0 aromatic rings. The zero-order chi connectivity index (χ0) is 8.91. The van der Waals surface area contributed by atoms with E-state index >= 15 is 0 Å². The summed E-state index contributed by atoms with van der Waals surface area (Å²) in [6.45, 7) is 9.55. The lowest BCUT2D eigenvalue weighted by molar-refractivity contribution is 1.03. The maximum absolute atomic E-state index is 3.83. The Bertz CT molecular complexity index is 190. The maximum Gasteiger partial charge on any atom is 0.0572 e. The summed E-state index contributed by atoms with van der Waals surface area (Å²) in [5.74, 6) is 0. The number of hydrogen-bond donors (Lipinski definition) is 0. The number of rotatable bonds is 3. The summed E-state index contributed by atoms with van der Waals surface area (Å²) in [4.78, 5) is 3.83. The largest absolute Gasteiger partial charge is 0.270 e. The molecular weight excluding hydrogens is 249 g/mol. The second-order valence-corrected chi connectivity index (χ2v) is 4.92. The van der Waals surface area contributed by atoms with Gasteiger partial charge in [0.2, 0.25) is 0 Å². The fourth-order valence-electron chi connectivity index (χ4n) is 0.828. The molecule has 0 N–H and O–H groups in total. The van der Waals surface area contributed by atoms with Gasteiger partial charge in [0, 0.05) is 5.70 Å². The Hall–Kier alpha value is -0.120. The highest BCUT2D eigenvalue weighted by atomic mass is 127. The van der Waals surface area contributed by atoms with E-state index < -0.39 is 0 Å². The average Bonchev–Trinajstić information content (AvgIpc) is 1.86. The standard InChI is InChI=1S/C9H14IN/c1-5-6-9(3,10)7-8(2)11-4/h5-7H,4H2,1-3H3/b6-5-,8-7-. The van der Waals surface area contributed by atoms with E-state index in [-0.39, 0.29) is 3.42 Å². The Balaban J connectivity index is 4.44. The smallest absolute Gasteiger partial charge is 0.0572 e. The van der Waals surface area contributed by atoms with Crippen LogP contribution in [-0.4, -0.2) is 10.1 Å². The second-order valence-electron chi connectivity index (χ2n) is 2.60. The summed E-state index contributed by atoms with van der Waals surface area (Å²) < 4.78 is 0.0672. The van der Waals surface area contributed by atoms with E-state index in [2.05, 4.69) is 53.4 Å². The molecule has 0 aromatic carbocycles. The van der Waals surface area contributed by atoms with Gasteiger partial charge < -0.3 is 0 Å². The van der Waals surface area contributed by atoms with Crippen LogP contribution in [0.4, 0.5) is 0 Å². The lowest BCUT2D eigenvalue weighted by atomic mass is 10.1. The molecule has 0 aliphatic heterocycles. The van der Waals surface area contributed by atoms with E-state index in [4.69, 9.17) is 0 Å². The van der Waals surface area contributed by atoms with Gasteiger partial charge in [-0.2, -0.15) is 0 Å². The molecule has 0 rings (SSSR count). The average molecular weight is 263 g/mol. The summed E-state index contributed by atoms with van der Waals surface area (Å²) >= 11 is 2.36. The van der Waals surface area contributed by atoms with Crippen LogP contribution in [0.1, 0.15) is 20.8 Å². The third-order valence-corrected chi connectivity index (χ3v) is 1.90. The van der Waals surface area contributed by atoms with Crippen molar-refractivity contribution in [2.24, 2.45) is 4.99 Å². The fraction of sp³-hybridized carbons (Fsp3) is 0.444. The quantitative estimate of drug-likeness (QED) is 0.320. The van der Waals surface area contributed by atoms with Crippen LogP contribution >= 0.6 is 22.6 Å². The number of allylic oxidation sites excluding steroid dienone is 4. The molecule has 0 saturated heterocycles. The van der Waals surface area contributed by atoms with Crippen molar-refractivity contribution in [2.75, 3.05) is 0 Å². The van der Waals surface area contributed by atoms with Gasteiger partial charge in [-0.1, -0.05) is 34.7 Å². The van der Waals surface area contributed by atoms with Gasteiger partial charge in [0.15, 0.2) is 0 Å².